The van der Waals surface area contributed by atoms with E-state index in [2.05, 4.69) is 37.2 Å². The summed E-state index contributed by atoms with van der Waals surface area (Å²) in [6, 6.07) is 0.197. The Morgan fingerprint density at radius 3 is 2.38 bits per heavy atom. The van der Waals surface area contributed by atoms with Crippen LogP contribution < -0.4 is 5.32 Å². The number of nitrogens with zero attached hydrogens (tertiary/aromatic N) is 1. The lowest BCUT2D eigenvalue weighted by Crippen LogP contribution is -2.59. The van der Waals surface area contributed by atoms with Gasteiger partial charge in [0.05, 0.1) is 6.04 Å². The molecule has 0 aromatic carbocycles. The Balaban J connectivity index is 2.77. The van der Waals surface area contributed by atoms with Gasteiger partial charge in [-0.25, -0.2) is 0 Å². The predicted molar refractivity (Wildman–Crippen MR) is 70.4 cm³/mol. The van der Waals surface area contributed by atoms with Gasteiger partial charge in [0.1, 0.15) is 0 Å². The van der Waals surface area contributed by atoms with Gasteiger partial charge in [-0.2, -0.15) is 0 Å². The van der Waals surface area contributed by atoms with Crippen LogP contribution >= 0.6 is 0 Å². The molecular weight excluding hydrogens is 196 g/mol. The number of likely N-dealkylation sites (N-methyl/N-ethyl adjacent to an activating group) is 1. The molecule has 2 nitrogen and oxygen atoms in total. The maximum atomic E-state index is 5.73. The summed E-state index contributed by atoms with van der Waals surface area (Å²) in [5.41, 5.74) is 0.183. The molecule has 0 aromatic rings. The summed E-state index contributed by atoms with van der Waals surface area (Å²) >= 11 is 0. The largest absolute Gasteiger partial charge is 0.302 e. The van der Waals surface area contributed by atoms with Crippen molar-refractivity contribution >= 4 is 0 Å². The van der Waals surface area contributed by atoms with Gasteiger partial charge >= 0.3 is 0 Å². The molecule has 1 aliphatic carbocycles. The Hall–Kier alpha value is -0.520. The Morgan fingerprint density at radius 1 is 1.31 bits per heavy atom. The number of rotatable bonds is 5. The van der Waals surface area contributed by atoms with Gasteiger partial charge in [-0.05, 0) is 39.9 Å². The molecule has 1 unspecified atom stereocenters. The molecule has 16 heavy (non-hydrogen) atoms. The van der Waals surface area contributed by atoms with Crippen molar-refractivity contribution in [2.24, 2.45) is 0 Å². The van der Waals surface area contributed by atoms with Crippen LogP contribution in [0.1, 0.15) is 45.4 Å². The maximum Gasteiger partial charge on any atom is 0.0873 e. The highest BCUT2D eigenvalue weighted by Gasteiger charge is 2.40. The molecule has 1 atom stereocenters. The van der Waals surface area contributed by atoms with E-state index in [4.69, 9.17) is 6.42 Å². The van der Waals surface area contributed by atoms with Crippen molar-refractivity contribution in [2.45, 2.75) is 57.0 Å². The summed E-state index contributed by atoms with van der Waals surface area (Å²) in [5, 5.41) is 3.53. The Labute approximate surface area is 101 Å². The third-order valence-electron chi connectivity index (χ3n) is 3.91. The standard InChI is InChI=1S/C14H26N2/c1-5-12-15-13(6-2)14(16(3)4)10-8-7-9-11-14/h2,13,15H,5,7-12H2,1,3-4H3. The lowest BCUT2D eigenvalue weighted by molar-refractivity contribution is 0.0769. The average Bonchev–Trinajstić information content (AvgIpc) is 2.31. The zero-order valence-corrected chi connectivity index (χ0v) is 11.1. The highest BCUT2D eigenvalue weighted by atomic mass is 15.2. The van der Waals surface area contributed by atoms with Crippen molar-refractivity contribution < 1.29 is 0 Å². The number of terminal acetylenes is 1. The van der Waals surface area contributed by atoms with E-state index in [0.717, 1.165) is 13.0 Å². The second-order valence-corrected chi connectivity index (χ2v) is 5.11. The van der Waals surface area contributed by atoms with E-state index in [-0.39, 0.29) is 11.6 Å². The van der Waals surface area contributed by atoms with Crippen LogP contribution in [0.4, 0.5) is 0 Å². The highest BCUT2D eigenvalue weighted by molar-refractivity contribution is 5.14. The molecule has 0 spiro atoms. The zero-order chi connectivity index (χ0) is 12.0. The first kappa shape index (κ1) is 13.5. The van der Waals surface area contributed by atoms with Gasteiger partial charge in [0, 0.05) is 5.54 Å². The van der Waals surface area contributed by atoms with E-state index in [0.29, 0.717) is 0 Å². The molecule has 1 N–H and O–H groups in total. The first-order chi connectivity index (χ1) is 7.67. The smallest absolute Gasteiger partial charge is 0.0873 e. The van der Waals surface area contributed by atoms with E-state index in [1.54, 1.807) is 0 Å². The third kappa shape index (κ3) is 2.78. The molecule has 1 fully saturated rings. The van der Waals surface area contributed by atoms with E-state index >= 15 is 0 Å². The lowest BCUT2D eigenvalue weighted by Gasteiger charge is -2.47. The van der Waals surface area contributed by atoms with Gasteiger partial charge in [0.2, 0.25) is 0 Å². The zero-order valence-electron chi connectivity index (χ0n) is 11.1. The van der Waals surface area contributed by atoms with Crippen LogP contribution in [0, 0.1) is 12.3 Å². The maximum absolute atomic E-state index is 5.73. The molecule has 0 heterocycles. The molecule has 1 saturated carbocycles. The third-order valence-corrected chi connectivity index (χ3v) is 3.91. The minimum absolute atomic E-state index is 0.183. The number of hydrogen-bond acceptors (Lipinski definition) is 2. The van der Waals surface area contributed by atoms with Gasteiger partial charge in [0.15, 0.2) is 0 Å². The molecule has 1 aliphatic rings. The molecule has 92 valence electrons. The van der Waals surface area contributed by atoms with Crippen molar-refractivity contribution in [1.82, 2.24) is 10.2 Å². The molecule has 0 amide bonds. The van der Waals surface area contributed by atoms with E-state index < -0.39 is 0 Å². The van der Waals surface area contributed by atoms with E-state index in [1.165, 1.54) is 32.1 Å². The van der Waals surface area contributed by atoms with Crippen LogP contribution in [0.5, 0.6) is 0 Å². The molecule has 0 saturated heterocycles. The van der Waals surface area contributed by atoms with Crippen LogP contribution in [-0.4, -0.2) is 37.1 Å². The van der Waals surface area contributed by atoms with Crippen LogP contribution in [0.25, 0.3) is 0 Å². The number of nitrogens with one attached hydrogen (secondary N) is 1. The minimum Gasteiger partial charge on any atom is -0.302 e. The second-order valence-electron chi connectivity index (χ2n) is 5.11. The quantitative estimate of drug-likeness (QED) is 0.718. The Kier molecular flexibility index (Phi) is 5.31. The van der Waals surface area contributed by atoms with Gasteiger partial charge in [0.25, 0.3) is 0 Å². The Morgan fingerprint density at radius 2 is 1.94 bits per heavy atom. The van der Waals surface area contributed by atoms with Crippen molar-refractivity contribution in [3.8, 4) is 12.3 Å². The summed E-state index contributed by atoms with van der Waals surface area (Å²) in [7, 11) is 4.34. The Bertz CT molecular complexity index is 234. The van der Waals surface area contributed by atoms with Crippen molar-refractivity contribution in [1.29, 1.82) is 0 Å². The molecule has 2 heteroatoms. The van der Waals surface area contributed by atoms with E-state index in [1.807, 2.05) is 0 Å². The fourth-order valence-corrected chi connectivity index (χ4v) is 2.85. The molecule has 0 aromatic heterocycles. The van der Waals surface area contributed by atoms with E-state index in [9.17, 15) is 0 Å². The summed E-state index contributed by atoms with van der Waals surface area (Å²) in [5.74, 6) is 2.98. The molecule has 0 aliphatic heterocycles. The fraction of sp³-hybridized carbons (Fsp3) is 0.857. The topological polar surface area (TPSA) is 15.3 Å². The van der Waals surface area contributed by atoms with Crippen LogP contribution in [-0.2, 0) is 0 Å². The van der Waals surface area contributed by atoms with Crippen LogP contribution in [0.3, 0.4) is 0 Å². The van der Waals surface area contributed by atoms with Gasteiger partial charge in [-0.3, -0.25) is 0 Å². The first-order valence-corrected chi connectivity index (χ1v) is 6.54. The molecule has 0 radical (unpaired) electrons. The van der Waals surface area contributed by atoms with Crippen LogP contribution in [0.15, 0.2) is 0 Å². The average molecular weight is 222 g/mol. The molecule has 1 rings (SSSR count). The first-order valence-electron chi connectivity index (χ1n) is 6.54. The lowest BCUT2D eigenvalue weighted by atomic mass is 9.75. The summed E-state index contributed by atoms with van der Waals surface area (Å²) < 4.78 is 0. The van der Waals surface area contributed by atoms with Crippen molar-refractivity contribution in [2.75, 3.05) is 20.6 Å². The summed E-state index contributed by atoms with van der Waals surface area (Å²) in [6.45, 7) is 3.20. The summed E-state index contributed by atoms with van der Waals surface area (Å²) in [4.78, 5) is 2.35. The van der Waals surface area contributed by atoms with Crippen molar-refractivity contribution in [3.05, 3.63) is 0 Å². The summed E-state index contributed by atoms with van der Waals surface area (Å²) in [6.07, 6.45) is 13.3. The van der Waals surface area contributed by atoms with Crippen LogP contribution in [0.2, 0.25) is 0 Å². The molecule has 0 bridgehead atoms. The second kappa shape index (κ2) is 6.27. The van der Waals surface area contributed by atoms with Gasteiger partial charge in [-0.1, -0.05) is 32.1 Å². The molecular formula is C14H26N2. The minimum atomic E-state index is 0.183. The number of hydrogen-bond donors (Lipinski definition) is 1. The highest BCUT2D eigenvalue weighted by Crippen LogP contribution is 2.34. The predicted octanol–water partition coefficient (Wildman–Crippen LogP) is 2.25. The van der Waals surface area contributed by atoms with Gasteiger partial charge in [-0.15, -0.1) is 6.42 Å². The fourth-order valence-electron chi connectivity index (χ4n) is 2.85. The van der Waals surface area contributed by atoms with Gasteiger partial charge < -0.3 is 10.2 Å². The normalized spacial score (nSPS) is 21.7. The SMILES string of the molecule is C#CC(NCCC)C1(N(C)C)CCCCC1. The monoisotopic (exact) mass is 222 g/mol. The van der Waals surface area contributed by atoms with Crippen molar-refractivity contribution in [3.63, 3.8) is 0 Å².